The SMILES string of the molecule is C/C(=N/NC(=O)CN(c1cc(C(F)(F)F)ccc1Cl)S(C)(=O)=O)c1cccs1. The molecule has 6 nitrogen and oxygen atoms in total. The van der Waals surface area contributed by atoms with Crippen molar-refractivity contribution in [2.45, 2.75) is 13.1 Å². The van der Waals surface area contributed by atoms with Gasteiger partial charge in [-0.05, 0) is 36.6 Å². The minimum atomic E-state index is -4.70. The van der Waals surface area contributed by atoms with Gasteiger partial charge in [-0.15, -0.1) is 11.3 Å². The fraction of sp³-hybridized carbons (Fsp3) is 0.250. The molecule has 2 aromatic rings. The molecule has 1 aromatic carbocycles. The summed E-state index contributed by atoms with van der Waals surface area (Å²) in [6, 6.07) is 5.80. The Morgan fingerprint density at radius 1 is 1.32 bits per heavy atom. The van der Waals surface area contributed by atoms with Gasteiger partial charge in [0.15, 0.2) is 0 Å². The maximum Gasteiger partial charge on any atom is 0.416 e. The second-order valence-electron chi connectivity index (χ2n) is 5.64. The van der Waals surface area contributed by atoms with E-state index in [-0.39, 0.29) is 5.02 Å². The predicted molar refractivity (Wildman–Crippen MR) is 103 cm³/mol. The van der Waals surface area contributed by atoms with Gasteiger partial charge in [0, 0.05) is 4.88 Å². The Morgan fingerprint density at radius 3 is 2.54 bits per heavy atom. The van der Waals surface area contributed by atoms with Crippen LogP contribution in [0.15, 0.2) is 40.8 Å². The predicted octanol–water partition coefficient (Wildman–Crippen LogP) is 3.73. The Bertz CT molecular complexity index is 990. The van der Waals surface area contributed by atoms with Crippen LogP contribution in [0.1, 0.15) is 17.4 Å². The van der Waals surface area contributed by atoms with Gasteiger partial charge in [-0.25, -0.2) is 13.8 Å². The lowest BCUT2D eigenvalue weighted by Gasteiger charge is -2.23. The number of amides is 1. The molecule has 0 saturated carbocycles. The summed E-state index contributed by atoms with van der Waals surface area (Å²) in [5, 5.41) is 5.44. The lowest BCUT2D eigenvalue weighted by atomic mass is 10.2. The Hall–Kier alpha value is -2.11. The van der Waals surface area contributed by atoms with E-state index in [2.05, 4.69) is 10.5 Å². The molecule has 0 spiro atoms. The molecular formula is C16H15ClF3N3O3S2. The number of anilines is 1. The van der Waals surface area contributed by atoms with Crippen molar-refractivity contribution in [1.29, 1.82) is 0 Å². The van der Waals surface area contributed by atoms with Crippen LogP contribution in [0.5, 0.6) is 0 Å². The van der Waals surface area contributed by atoms with Crippen molar-refractivity contribution < 1.29 is 26.4 Å². The number of thiophene rings is 1. The molecule has 1 amide bonds. The fourth-order valence-corrected chi connectivity index (χ4v) is 3.92. The molecule has 0 bridgehead atoms. The molecule has 0 atom stereocenters. The van der Waals surface area contributed by atoms with Crippen LogP contribution in [0.2, 0.25) is 5.02 Å². The van der Waals surface area contributed by atoms with Gasteiger partial charge in [-0.2, -0.15) is 18.3 Å². The molecule has 0 radical (unpaired) electrons. The molecule has 0 aliphatic rings. The van der Waals surface area contributed by atoms with Crippen LogP contribution in [-0.4, -0.2) is 32.8 Å². The first-order valence-corrected chi connectivity index (χ1v) is 10.7. The average Bonchev–Trinajstić information content (AvgIpc) is 3.11. The zero-order chi connectivity index (χ0) is 21.1. The molecule has 0 unspecified atom stereocenters. The third kappa shape index (κ3) is 5.69. The van der Waals surface area contributed by atoms with Gasteiger partial charge in [0.2, 0.25) is 10.0 Å². The van der Waals surface area contributed by atoms with E-state index < -0.39 is 39.9 Å². The van der Waals surface area contributed by atoms with E-state index in [1.54, 1.807) is 19.1 Å². The summed E-state index contributed by atoms with van der Waals surface area (Å²) < 4.78 is 63.5. The number of sulfonamides is 1. The van der Waals surface area contributed by atoms with Crippen LogP contribution < -0.4 is 9.73 Å². The smallest absolute Gasteiger partial charge is 0.271 e. The molecule has 152 valence electrons. The quantitative estimate of drug-likeness (QED) is 0.534. The molecule has 1 N–H and O–H groups in total. The topological polar surface area (TPSA) is 78.8 Å². The Morgan fingerprint density at radius 2 is 2.00 bits per heavy atom. The number of halogens is 4. The van der Waals surface area contributed by atoms with E-state index in [1.807, 2.05) is 5.38 Å². The summed E-state index contributed by atoms with van der Waals surface area (Å²) in [4.78, 5) is 12.9. The van der Waals surface area contributed by atoms with Gasteiger partial charge in [0.25, 0.3) is 5.91 Å². The lowest BCUT2D eigenvalue weighted by Crippen LogP contribution is -2.39. The first-order chi connectivity index (χ1) is 12.9. The number of hydrogen-bond acceptors (Lipinski definition) is 5. The van der Waals surface area contributed by atoms with E-state index in [9.17, 15) is 26.4 Å². The van der Waals surface area contributed by atoms with Crippen LogP contribution in [0, 0.1) is 0 Å². The molecule has 28 heavy (non-hydrogen) atoms. The van der Waals surface area contributed by atoms with Crippen LogP contribution in [0.25, 0.3) is 0 Å². The molecule has 0 aliphatic carbocycles. The summed E-state index contributed by atoms with van der Waals surface area (Å²) in [5.74, 6) is -0.838. The Kier molecular flexibility index (Phi) is 6.73. The molecule has 2 rings (SSSR count). The first kappa shape index (κ1) is 22.2. The maximum absolute atomic E-state index is 13.0. The highest BCUT2D eigenvalue weighted by Crippen LogP contribution is 2.36. The van der Waals surface area contributed by atoms with Crippen molar-refractivity contribution in [2.24, 2.45) is 5.10 Å². The van der Waals surface area contributed by atoms with Crippen molar-refractivity contribution >= 4 is 50.3 Å². The van der Waals surface area contributed by atoms with Crippen molar-refractivity contribution in [3.63, 3.8) is 0 Å². The van der Waals surface area contributed by atoms with Crippen LogP contribution in [-0.2, 0) is 21.0 Å². The minimum absolute atomic E-state index is 0.246. The number of benzene rings is 1. The number of carbonyl (C=O) groups excluding carboxylic acids is 1. The molecule has 0 fully saturated rings. The second-order valence-corrected chi connectivity index (χ2v) is 8.90. The van der Waals surface area contributed by atoms with Crippen molar-refractivity contribution in [3.05, 3.63) is 51.2 Å². The highest BCUT2D eigenvalue weighted by atomic mass is 35.5. The zero-order valence-electron chi connectivity index (χ0n) is 14.6. The van der Waals surface area contributed by atoms with Gasteiger partial charge in [0.05, 0.1) is 28.2 Å². The van der Waals surface area contributed by atoms with Crippen molar-refractivity contribution in [2.75, 3.05) is 17.1 Å². The fourth-order valence-electron chi connectivity index (χ4n) is 2.11. The molecular weight excluding hydrogens is 439 g/mol. The second kappa shape index (κ2) is 8.50. The lowest BCUT2D eigenvalue weighted by molar-refractivity contribution is -0.137. The average molecular weight is 454 g/mol. The molecule has 0 aliphatic heterocycles. The molecule has 1 heterocycles. The standard InChI is InChI=1S/C16H15ClF3N3O3S2/c1-10(14-4-3-7-27-14)21-22-15(24)9-23(28(2,25)26)13-8-11(16(18,19)20)5-6-12(13)17/h3-8H,9H2,1-2H3,(H,22,24)/b21-10-. The number of nitrogens with one attached hydrogen (secondary N) is 1. The number of hydrazone groups is 1. The summed E-state index contributed by atoms with van der Waals surface area (Å²) in [6.07, 6.45) is -3.94. The highest BCUT2D eigenvalue weighted by molar-refractivity contribution is 7.92. The maximum atomic E-state index is 13.0. The summed E-state index contributed by atoms with van der Waals surface area (Å²) in [7, 11) is -4.11. The summed E-state index contributed by atoms with van der Waals surface area (Å²) in [6.45, 7) is 0.852. The van der Waals surface area contributed by atoms with Gasteiger partial charge >= 0.3 is 6.18 Å². The number of carbonyl (C=O) groups is 1. The van der Waals surface area contributed by atoms with E-state index in [0.717, 1.165) is 23.3 Å². The van der Waals surface area contributed by atoms with Crippen LogP contribution in [0.4, 0.5) is 18.9 Å². The molecule has 1 aromatic heterocycles. The largest absolute Gasteiger partial charge is 0.416 e. The van der Waals surface area contributed by atoms with E-state index in [0.29, 0.717) is 16.1 Å². The zero-order valence-corrected chi connectivity index (χ0v) is 17.0. The van der Waals surface area contributed by atoms with Gasteiger partial charge in [-0.3, -0.25) is 9.10 Å². The Balaban J connectivity index is 2.28. The third-order valence-electron chi connectivity index (χ3n) is 3.46. The highest BCUT2D eigenvalue weighted by Gasteiger charge is 2.33. The van der Waals surface area contributed by atoms with Gasteiger partial charge in [0.1, 0.15) is 6.54 Å². The number of alkyl halides is 3. The molecule has 0 saturated heterocycles. The van der Waals surface area contributed by atoms with Gasteiger partial charge in [-0.1, -0.05) is 17.7 Å². The van der Waals surface area contributed by atoms with E-state index >= 15 is 0 Å². The summed E-state index contributed by atoms with van der Waals surface area (Å²) in [5.41, 5.74) is 1.14. The number of hydrogen-bond donors (Lipinski definition) is 1. The van der Waals surface area contributed by atoms with E-state index in [1.165, 1.54) is 11.3 Å². The van der Waals surface area contributed by atoms with Gasteiger partial charge < -0.3 is 0 Å². The normalized spacial score (nSPS) is 12.7. The summed E-state index contributed by atoms with van der Waals surface area (Å²) >= 11 is 7.29. The van der Waals surface area contributed by atoms with Crippen LogP contribution >= 0.6 is 22.9 Å². The Labute approximate surface area is 168 Å². The molecule has 12 heteroatoms. The van der Waals surface area contributed by atoms with Crippen LogP contribution in [0.3, 0.4) is 0 Å². The number of rotatable bonds is 6. The monoisotopic (exact) mass is 453 g/mol. The van der Waals surface area contributed by atoms with E-state index in [4.69, 9.17) is 11.6 Å². The third-order valence-corrected chi connectivity index (χ3v) is 5.88. The minimum Gasteiger partial charge on any atom is -0.271 e. The van der Waals surface area contributed by atoms with Crippen molar-refractivity contribution in [3.8, 4) is 0 Å². The first-order valence-electron chi connectivity index (χ1n) is 7.61. The number of nitrogens with zero attached hydrogens (tertiary/aromatic N) is 2. The van der Waals surface area contributed by atoms with Crippen molar-refractivity contribution in [1.82, 2.24) is 5.43 Å².